The Kier molecular flexibility index (Phi) is 3.74. The molecule has 0 aliphatic heterocycles. The van der Waals surface area contributed by atoms with Crippen molar-refractivity contribution in [1.29, 1.82) is 0 Å². The second-order valence-electron chi connectivity index (χ2n) is 3.88. The van der Waals surface area contributed by atoms with Gasteiger partial charge in [0.25, 0.3) is 0 Å². The predicted octanol–water partition coefficient (Wildman–Crippen LogP) is 3.13. The number of aryl methyl sites for hydroxylation is 1. The first-order chi connectivity index (χ1) is 9.11. The highest BCUT2D eigenvalue weighted by atomic mass is 19.1. The number of halogens is 1. The van der Waals surface area contributed by atoms with Gasteiger partial charge in [-0.05, 0) is 18.6 Å². The molecule has 0 N–H and O–H groups in total. The van der Waals surface area contributed by atoms with E-state index in [4.69, 9.17) is 4.74 Å². The van der Waals surface area contributed by atoms with Crippen molar-refractivity contribution < 1.29 is 14.1 Å². The summed E-state index contributed by atoms with van der Waals surface area (Å²) >= 11 is 0. The fraction of sp³-hybridized carbons (Fsp3) is 0.250. The molecule has 0 spiro atoms. The molecule has 0 amide bonds. The highest BCUT2D eigenvalue weighted by molar-refractivity contribution is 5.48. The van der Waals surface area contributed by atoms with E-state index < -0.39 is 16.4 Å². The van der Waals surface area contributed by atoms with Crippen molar-refractivity contribution in [3.05, 3.63) is 46.5 Å². The van der Waals surface area contributed by atoms with Gasteiger partial charge in [-0.15, -0.1) is 0 Å². The second-order valence-corrected chi connectivity index (χ2v) is 3.88. The smallest absolute Gasteiger partial charge is 0.346 e. The number of hydrogen-bond donors (Lipinski definition) is 0. The van der Waals surface area contributed by atoms with Crippen LogP contribution in [0.2, 0.25) is 0 Å². The molecule has 0 fully saturated rings. The number of nitrogens with zero attached hydrogens (tertiary/aromatic N) is 3. The van der Waals surface area contributed by atoms with Crippen molar-refractivity contribution in [3.63, 3.8) is 0 Å². The van der Waals surface area contributed by atoms with Gasteiger partial charge in [0.05, 0.1) is 17.3 Å². The Bertz CT molecular complexity index is 598. The van der Waals surface area contributed by atoms with E-state index in [1.54, 1.807) is 10.9 Å². The topological polar surface area (TPSA) is 70.2 Å². The SMILES string of the molecule is CCCn1cc(Oc2cccc(F)c2[N+](=O)[O-])cn1. The minimum atomic E-state index is -0.927. The number of hydrogen-bond acceptors (Lipinski definition) is 4. The van der Waals surface area contributed by atoms with E-state index in [2.05, 4.69) is 5.10 Å². The average Bonchev–Trinajstić information content (AvgIpc) is 2.76. The van der Waals surface area contributed by atoms with Crippen LogP contribution >= 0.6 is 0 Å². The van der Waals surface area contributed by atoms with Crippen LogP contribution in [0.4, 0.5) is 10.1 Å². The number of nitro groups is 1. The molecule has 0 saturated carbocycles. The minimum absolute atomic E-state index is 0.138. The van der Waals surface area contributed by atoms with Gasteiger partial charge >= 0.3 is 5.69 Å². The summed E-state index contributed by atoms with van der Waals surface area (Å²) in [5.74, 6) is -0.730. The van der Waals surface area contributed by atoms with E-state index >= 15 is 0 Å². The lowest BCUT2D eigenvalue weighted by Crippen LogP contribution is -1.97. The lowest BCUT2D eigenvalue weighted by Gasteiger charge is -2.03. The molecule has 1 heterocycles. The van der Waals surface area contributed by atoms with E-state index in [9.17, 15) is 14.5 Å². The first-order valence-corrected chi connectivity index (χ1v) is 5.75. The summed E-state index contributed by atoms with van der Waals surface area (Å²) in [7, 11) is 0. The monoisotopic (exact) mass is 265 g/mol. The van der Waals surface area contributed by atoms with Crippen LogP contribution in [0.5, 0.6) is 11.5 Å². The molecule has 19 heavy (non-hydrogen) atoms. The number of para-hydroxylation sites is 1. The van der Waals surface area contributed by atoms with Gasteiger partial charge in [0.2, 0.25) is 11.6 Å². The highest BCUT2D eigenvalue weighted by Crippen LogP contribution is 2.33. The Labute approximate surface area is 108 Å². The Balaban J connectivity index is 2.27. The summed E-state index contributed by atoms with van der Waals surface area (Å²) in [4.78, 5) is 10.0. The largest absolute Gasteiger partial charge is 0.447 e. The summed E-state index contributed by atoms with van der Waals surface area (Å²) in [5, 5.41) is 14.8. The molecule has 0 bridgehead atoms. The van der Waals surface area contributed by atoms with Gasteiger partial charge in [0, 0.05) is 6.54 Å². The summed E-state index contributed by atoms with van der Waals surface area (Å²) in [6, 6.07) is 3.72. The van der Waals surface area contributed by atoms with Crippen molar-refractivity contribution in [1.82, 2.24) is 9.78 Å². The van der Waals surface area contributed by atoms with Crippen LogP contribution in [0, 0.1) is 15.9 Å². The van der Waals surface area contributed by atoms with Crippen LogP contribution in [0.15, 0.2) is 30.6 Å². The van der Waals surface area contributed by atoms with Crippen LogP contribution in [0.25, 0.3) is 0 Å². The number of aromatic nitrogens is 2. The van der Waals surface area contributed by atoms with Gasteiger partial charge in [-0.2, -0.15) is 9.49 Å². The molecule has 7 heteroatoms. The zero-order chi connectivity index (χ0) is 13.8. The van der Waals surface area contributed by atoms with Crippen molar-refractivity contribution >= 4 is 5.69 Å². The average molecular weight is 265 g/mol. The Hall–Kier alpha value is -2.44. The number of rotatable bonds is 5. The third-order valence-corrected chi connectivity index (χ3v) is 2.42. The molecule has 0 unspecified atom stereocenters. The van der Waals surface area contributed by atoms with Gasteiger partial charge in [-0.25, -0.2) is 0 Å². The predicted molar refractivity (Wildman–Crippen MR) is 65.6 cm³/mol. The number of ether oxygens (including phenoxy) is 1. The van der Waals surface area contributed by atoms with Crippen LogP contribution in [0.1, 0.15) is 13.3 Å². The summed E-state index contributed by atoms with van der Waals surface area (Å²) in [6.07, 6.45) is 3.95. The lowest BCUT2D eigenvalue weighted by molar-refractivity contribution is -0.388. The first-order valence-electron chi connectivity index (χ1n) is 5.75. The van der Waals surface area contributed by atoms with Crippen LogP contribution < -0.4 is 4.74 Å². The summed E-state index contributed by atoms with van der Waals surface area (Å²) < 4.78 is 20.4. The fourth-order valence-corrected chi connectivity index (χ4v) is 1.63. The van der Waals surface area contributed by atoms with Crippen molar-refractivity contribution in [3.8, 4) is 11.5 Å². The Morgan fingerprint density at radius 2 is 2.32 bits per heavy atom. The van der Waals surface area contributed by atoms with E-state index in [-0.39, 0.29) is 5.75 Å². The molecule has 0 aliphatic carbocycles. The van der Waals surface area contributed by atoms with Crippen molar-refractivity contribution in [2.45, 2.75) is 19.9 Å². The van der Waals surface area contributed by atoms with E-state index in [0.717, 1.165) is 12.5 Å². The molecule has 100 valence electrons. The van der Waals surface area contributed by atoms with E-state index in [0.29, 0.717) is 12.3 Å². The van der Waals surface area contributed by atoms with Crippen LogP contribution in [0.3, 0.4) is 0 Å². The quantitative estimate of drug-likeness (QED) is 0.615. The summed E-state index contributed by atoms with van der Waals surface area (Å²) in [6.45, 7) is 2.72. The molecule has 0 atom stereocenters. The molecule has 2 aromatic rings. The molecule has 0 radical (unpaired) electrons. The lowest BCUT2D eigenvalue weighted by atomic mass is 10.3. The Morgan fingerprint density at radius 3 is 3.00 bits per heavy atom. The Morgan fingerprint density at radius 1 is 1.53 bits per heavy atom. The van der Waals surface area contributed by atoms with E-state index in [1.165, 1.54) is 18.3 Å². The first kappa shape index (κ1) is 13.0. The minimum Gasteiger partial charge on any atom is -0.447 e. The molecule has 2 rings (SSSR count). The molecule has 1 aromatic heterocycles. The third-order valence-electron chi connectivity index (χ3n) is 2.42. The fourth-order valence-electron chi connectivity index (χ4n) is 1.63. The van der Waals surface area contributed by atoms with Gasteiger partial charge in [-0.1, -0.05) is 13.0 Å². The maximum atomic E-state index is 13.4. The van der Waals surface area contributed by atoms with E-state index in [1.807, 2.05) is 6.92 Å². The van der Waals surface area contributed by atoms with Crippen LogP contribution in [-0.4, -0.2) is 14.7 Å². The van der Waals surface area contributed by atoms with Crippen molar-refractivity contribution in [2.24, 2.45) is 0 Å². The van der Waals surface area contributed by atoms with Crippen molar-refractivity contribution in [2.75, 3.05) is 0 Å². The van der Waals surface area contributed by atoms with Gasteiger partial charge in [-0.3, -0.25) is 14.8 Å². The molecule has 1 aromatic carbocycles. The molecule has 6 nitrogen and oxygen atoms in total. The second kappa shape index (κ2) is 5.47. The third kappa shape index (κ3) is 2.87. The maximum Gasteiger partial charge on any atom is 0.346 e. The van der Waals surface area contributed by atoms with Gasteiger partial charge in [0.15, 0.2) is 5.75 Å². The van der Waals surface area contributed by atoms with Gasteiger partial charge < -0.3 is 4.74 Å². The normalized spacial score (nSPS) is 10.4. The standard InChI is InChI=1S/C12H12FN3O3/c1-2-6-15-8-9(7-14-15)19-11-5-3-4-10(13)12(11)16(17)18/h3-5,7-8H,2,6H2,1H3. The zero-order valence-electron chi connectivity index (χ0n) is 10.2. The maximum absolute atomic E-state index is 13.4. The molecule has 0 saturated heterocycles. The van der Waals surface area contributed by atoms with Gasteiger partial charge in [0.1, 0.15) is 0 Å². The highest BCUT2D eigenvalue weighted by Gasteiger charge is 2.21. The van der Waals surface area contributed by atoms with Crippen LogP contribution in [-0.2, 0) is 6.54 Å². The zero-order valence-corrected chi connectivity index (χ0v) is 10.2. The molecular formula is C12H12FN3O3. The number of benzene rings is 1. The summed E-state index contributed by atoms with van der Waals surface area (Å²) in [5.41, 5.74) is -0.675. The molecule has 0 aliphatic rings. The number of nitro benzene ring substituents is 1. The molecular weight excluding hydrogens is 253 g/mol.